The predicted molar refractivity (Wildman–Crippen MR) is 345 cm³/mol. The van der Waals surface area contributed by atoms with Crippen molar-refractivity contribution in [2.24, 2.45) is 0 Å². The fraction of sp³-hybridized carbons (Fsp3) is 0.200. The van der Waals surface area contributed by atoms with E-state index in [0.717, 1.165) is 28.4 Å². The average molecular weight is 1040 g/mol. The summed E-state index contributed by atoms with van der Waals surface area (Å²) in [4.78, 5) is 5.01. The Balaban J connectivity index is 0.908. The molecule has 0 bridgehead atoms. The number of rotatable bonds is 6. The van der Waals surface area contributed by atoms with Gasteiger partial charge in [-0.1, -0.05) is 153 Å². The summed E-state index contributed by atoms with van der Waals surface area (Å²) in [7, 11) is 0. The van der Waals surface area contributed by atoms with Crippen molar-refractivity contribution in [1.82, 2.24) is 9.13 Å². The first-order valence-corrected chi connectivity index (χ1v) is 28.7. The highest BCUT2D eigenvalue weighted by atomic mass is 15.2. The number of fused-ring (bicyclic) bond motifs is 10. The molecule has 10 aromatic carbocycles. The molecule has 5 heteroatoms. The quantitative estimate of drug-likeness (QED) is 0.154. The Labute approximate surface area is 472 Å². The van der Waals surface area contributed by atoms with Crippen LogP contribution in [0.4, 0.5) is 34.1 Å². The van der Waals surface area contributed by atoms with E-state index in [1.165, 1.54) is 122 Å². The van der Waals surface area contributed by atoms with Gasteiger partial charge in [-0.05, 0) is 207 Å². The molecule has 0 unspecified atom stereocenters. The van der Waals surface area contributed by atoms with Gasteiger partial charge in [0.1, 0.15) is 0 Å². The zero-order chi connectivity index (χ0) is 55.3. The van der Waals surface area contributed by atoms with Gasteiger partial charge < -0.3 is 18.9 Å². The van der Waals surface area contributed by atoms with Crippen LogP contribution in [0.1, 0.15) is 95.7 Å². The van der Waals surface area contributed by atoms with Gasteiger partial charge in [-0.25, -0.2) is 0 Å². The molecular weight excluding hydrogens is 968 g/mol. The Morgan fingerprint density at radius 2 is 0.950 bits per heavy atom. The van der Waals surface area contributed by atoms with E-state index in [1.807, 2.05) is 0 Å². The van der Waals surface area contributed by atoms with Crippen LogP contribution in [0.3, 0.4) is 0 Å². The van der Waals surface area contributed by atoms with Crippen molar-refractivity contribution < 1.29 is 0 Å². The SMILES string of the molecule is Cc1cc2c3c(c1)-n1c4ccc(C(C)(C)C)cc4c4cc(C(C)(C)C)cc(c41)B3c1ccc(C(C)(C)C)cc1N2c1ccc(-c2c(C)cc(N(c3ccccc3)c3ccc4c(c3)c3ccccc3n4-c3ccccc3)cc2C)cc1. The first kappa shape index (κ1) is 49.7. The second kappa shape index (κ2) is 17.7. The molecule has 0 spiro atoms. The number of para-hydroxylation sites is 3. The molecule has 12 aromatic rings. The molecule has 4 heterocycles. The standard InChI is InChI=1S/C75H69BN4/c1-46-37-68-71-69(38-46)80-66-35-30-50(73(4,5)6)41-59(66)61-42-52(75(10,11)12)43-63(72(61)80)76(71)62-34-29-51(74(7,8)9)44-67(62)79(68)55-31-27-49(28-32-55)70-47(2)39-57(40-48(70)3)77(53-21-15-13-16-22-53)56-33-36-65-60(45-56)58-25-19-20-26-64(58)78(65)54-23-17-14-18-24-54/h13-45H,1-12H3. The van der Waals surface area contributed by atoms with Crippen LogP contribution in [0.25, 0.3) is 66.1 Å². The molecule has 0 atom stereocenters. The smallest absolute Gasteiger partial charge is 0.252 e. The highest BCUT2D eigenvalue weighted by molar-refractivity contribution is 7.00. The normalized spacial score (nSPS) is 13.2. The van der Waals surface area contributed by atoms with Crippen LogP contribution in [0.15, 0.2) is 200 Å². The third kappa shape index (κ3) is 7.71. The van der Waals surface area contributed by atoms with Gasteiger partial charge in [0.05, 0.1) is 16.6 Å². The summed E-state index contributed by atoms with van der Waals surface area (Å²) in [5, 5.41) is 5.15. The fourth-order valence-corrected chi connectivity index (χ4v) is 13.6. The van der Waals surface area contributed by atoms with Gasteiger partial charge in [0, 0.05) is 72.6 Å². The largest absolute Gasteiger partial charge is 0.311 e. The van der Waals surface area contributed by atoms with Crippen LogP contribution < -0.4 is 26.2 Å². The number of nitrogens with zero attached hydrogens (tertiary/aromatic N) is 4. The van der Waals surface area contributed by atoms with Gasteiger partial charge in [0.25, 0.3) is 6.71 Å². The fourth-order valence-electron chi connectivity index (χ4n) is 13.6. The predicted octanol–water partition coefficient (Wildman–Crippen LogP) is 18.4. The van der Waals surface area contributed by atoms with E-state index in [2.05, 4.69) is 302 Å². The molecule has 0 N–H and O–H groups in total. The van der Waals surface area contributed by atoms with Crippen molar-refractivity contribution in [3.63, 3.8) is 0 Å². The van der Waals surface area contributed by atoms with Crippen LogP contribution >= 0.6 is 0 Å². The van der Waals surface area contributed by atoms with Crippen molar-refractivity contribution in [3.8, 4) is 22.5 Å². The number of hydrogen-bond acceptors (Lipinski definition) is 2. The van der Waals surface area contributed by atoms with Crippen LogP contribution in [-0.2, 0) is 16.2 Å². The van der Waals surface area contributed by atoms with E-state index in [9.17, 15) is 0 Å². The molecule has 0 saturated carbocycles. The molecule has 0 fully saturated rings. The maximum Gasteiger partial charge on any atom is 0.252 e. The lowest BCUT2D eigenvalue weighted by atomic mass is 9.33. The summed E-state index contributed by atoms with van der Waals surface area (Å²) >= 11 is 0. The van der Waals surface area contributed by atoms with E-state index >= 15 is 0 Å². The zero-order valence-corrected chi connectivity index (χ0v) is 48.4. The Kier molecular flexibility index (Phi) is 11.0. The first-order valence-electron chi connectivity index (χ1n) is 28.7. The van der Waals surface area contributed by atoms with E-state index < -0.39 is 0 Å². The lowest BCUT2D eigenvalue weighted by molar-refractivity contribution is 0.590. The summed E-state index contributed by atoms with van der Waals surface area (Å²) in [5.74, 6) is 0. The monoisotopic (exact) mass is 1040 g/mol. The summed E-state index contributed by atoms with van der Waals surface area (Å²) in [6.07, 6.45) is 0. The van der Waals surface area contributed by atoms with Crippen LogP contribution in [0, 0.1) is 20.8 Å². The van der Waals surface area contributed by atoms with Crippen LogP contribution in [0.2, 0.25) is 0 Å². The molecule has 0 amide bonds. The minimum absolute atomic E-state index is 0.0224. The molecule has 2 aromatic heterocycles. The molecular formula is C75H69BN4. The summed E-state index contributed by atoms with van der Waals surface area (Å²) < 4.78 is 5.01. The topological polar surface area (TPSA) is 16.3 Å². The number of aromatic nitrogens is 2. The second-order valence-electron chi connectivity index (χ2n) is 26.1. The summed E-state index contributed by atoms with van der Waals surface area (Å²) in [6.45, 7) is 28.0. The molecule has 0 saturated heterocycles. The van der Waals surface area contributed by atoms with Crippen molar-refractivity contribution in [1.29, 1.82) is 0 Å². The lowest BCUT2D eigenvalue weighted by Gasteiger charge is -2.41. The molecule has 4 nitrogen and oxygen atoms in total. The first-order chi connectivity index (χ1) is 38.3. The third-order valence-corrected chi connectivity index (χ3v) is 17.6. The van der Waals surface area contributed by atoms with Crippen molar-refractivity contribution in [2.75, 3.05) is 9.80 Å². The Morgan fingerprint density at radius 1 is 0.375 bits per heavy atom. The lowest BCUT2D eigenvalue weighted by Crippen LogP contribution is -2.60. The van der Waals surface area contributed by atoms with Gasteiger partial charge in [-0.15, -0.1) is 0 Å². The maximum absolute atomic E-state index is 2.62. The third-order valence-electron chi connectivity index (χ3n) is 17.6. The van der Waals surface area contributed by atoms with Crippen LogP contribution in [0.5, 0.6) is 0 Å². The van der Waals surface area contributed by atoms with Crippen LogP contribution in [-0.4, -0.2) is 15.8 Å². The Bertz CT molecular complexity index is 4480. The molecule has 80 heavy (non-hydrogen) atoms. The van der Waals surface area contributed by atoms with E-state index in [1.54, 1.807) is 0 Å². The number of anilines is 6. The molecule has 14 rings (SSSR count). The summed E-state index contributed by atoms with van der Waals surface area (Å²) in [6, 6.07) is 76.1. The number of aryl methyl sites for hydroxylation is 3. The molecule has 2 aliphatic rings. The highest BCUT2D eigenvalue weighted by Crippen LogP contribution is 2.47. The van der Waals surface area contributed by atoms with Gasteiger partial charge >= 0.3 is 0 Å². The Hall–Kier alpha value is -8.54. The molecule has 392 valence electrons. The van der Waals surface area contributed by atoms with Crippen molar-refractivity contribution in [2.45, 2.75) is 99.3 Å². The highest BCUT2D eigenvalue weighted by Gasteiger charge is 2.43. The Morgan fingerprint density at radius 3 is 1.65 bits per heavy atom. The number of benzene rings is 10. The second-order valence-corrected chi connectivity index (χ2v) is 26.1. The minimum Gasteiger partial charge on any atom is -0.311 e. The van der Waals surface area contributed by atoms with Crippen molar-refractivity contribution in [3.05, 3.63) is 234 Å². The van der Waals surface area contributed by atoms with E-state index in [4.69, 9.17) is 0 Å². The molecule has 2 aliphatic heterocycles. The minimum atomic E-state index is -0.0434. The van der Waals surface area contributed by atoms with E-state index in [-0.39, 0.29) is 23.0 Å². The van der Waals surface area contributed by atoms with Gasteiger partial charge in [-0.3, -0.25) is 0 Å². The van der Waals surface area contributed by atoms with Gasteiger partial charge in [0.2, 0.25) is 0 Å². The van der Waals surface area contributed by atoms with Gasteiger partial charge in [0.15, 0.2) is 0 Å². The van der Waals surface area contributed by atoms with Crippen molar-refractivity contribution >= 4 is 101 Å². The molecule has 0 radical (unpaired) electrons. The average Bonchev–Trinajstić information content (AvgIpc) is 4.02. The van der Waals surface area contributed by atoms with Gasteiger partial charge in [-0.2, -0.15) is 0 Å². The molecule has 0 aliphatic carbocycles. The number of hydrogen-bond donors (Lipinski definition) is 0. The zero-order valence-electron chi connectivity index (χ0n) is 48.4. The van der Waals surface area contributed by atoms with E-state index in [0.29, 0.717) is 0 Å². The summed E-state index contributed by atoms with van der Waals surface area (Å²) in [5.41, 5.74) is 28.8. The maximum atomic E-state index is 2.62.